The highest BCUT2D eigenvalue weighted by atomic mass is 15.2. The zero-order valence-electron chi connectivity index (χ0n) is 14.7. The van der Waals surface area contributed by atoms with Crippen molar-refractivity contribution in [1.82, 2.24) is 10.6 Å². The van der Waals surface area contributed by atoms with Gasteiger partial charge in [-0.05, 0) is 43.9 Å². The Labute approximate surface area is 132 Å². The van der Waals surface area contributed by atoms with Crippen LogP contribution in [0.1, 0.15) is 79.1 Å². The summed E-state index contributed by atoms with van der Waals surface area (Å²) in [6.45, 7) is 10.6. The molecule has 3 unspecified atom stereocenters. The summed E-state index contributed by atoms with van der Waals surface area (Å²) < 4.78 is 0. The summed E-state index contributed by atoms with van der Waals surface area (Å²) in [4.78, 5) is 0. The van der Waals surface area contributed by atoms with Gasteiger partial charge in [-0.25, -0.2) is 0 Å². The molecule has 0 bridgehead atoms. The number of nitrogens with one attached hydrogen (secondary N) is 2. The van der Waals surface area contributed by atoms with Crippen LogP contribution in [0, 0.1) is 11.3 Å². The lowest BCUT2D eigenvalue weighted by molar-refractivity contribution is 0.136. The summed E-state index contributed by atoms with van der Waals surface area (Å²) in [7, 11) is 0. The molecule has 21 heavy (non-hydrogen) atoms. The van der Waals surface area contributed by atoms with Crippen LogP contribution >= 0.6 is 0 Å². The molecule has 3 atom stereocenters. The van der Waals surface area contributed by atoms with E-state index in [1.54, 1.807) is 5.57 Å². The first kappa shape index (κ1) is 17.0. The summed E-state index contributed by atoms with van der Waals surface area (Å²) in [5.41, 5.74) is 2.05. The van der Waals surface area contributed by atoms with Crippen molar-refractivity contribution in [2.24, 2.45) is 11.3 Å². The van der Waals surface area contributed by atoms with Crippen LogP contribution in [0.3, 0.4) is 0 Å². The lowest BCUT2D eigenvalue weighted by Gasteiger charge is -2.45. The topological polar surface area (TPSA) is 24.1 Å². The quantitative estimate of drug-likeness (QED) is 0.689. The maximum Gasteiger partial charge on any atom is 0.0547 e. The van der Waals surface area contributed by atoms with E-state index in [4.69, 9.17) is 0 Å². The summed E-state index contributed by atoms with van der Waals surface area (Å²) >= 11 is 0. The van der Waals surface area contributed by atoms with Crippen molar-refractivity contribution >= 4 is 0 Å². The van der Waals surface area contributed by atoms with E-state index in [1.807, 2.05) is 0 Å². The fourth-order valence-electron chi connectivity index (χ4n) is 3.89. The molecule has 1 heterocycles. The molecule has 0 spiro atoms. The van der Waals surface area contributed by atoms with Gasteiger partial charge in [0, 0.05) is 12.6 Å². The smallest absolute Gasteiger partial charge is 0.0547 e. The molecule has 0 saturated carbocycles. The minimum absolute atomic E-state index is 0.348. The van der Waals surface area contributed by atoms with Crippen molar-refractivity contribution in [3.05, 3.63) is 11.6 Å². The van der Waals surface area contributed by atoms with Crippen molar-refractivity contribution in [3.8, 4) is 0 Å². The molecule has 0 aromatic rings. The molecule has 2 nitrogen and oxygen atoms in total. The van der Waals surface area contributed by atoms with Crippen LogP contribution in [0.4, 0.5) is 0 Å². The third-order valence-electron chi connectivity index (χ3n) is 5.31. The minimum atomic E-state index is 0.348. The van der Waals surface area contributed by atoms with Crippen LogP contribution in [0.5, 0.6) is 0 Å². The Balaban J connectivity index is 2.13. The molecule has 2 heteroatoms. The monoisotopic (exact) mass is 292 g/mol. The third-order valence-corrected chi connectivity index (χ3v) is 5.31. The van der Waals surface area contributed by atoms with Gasteiger partial charge in [0.15, 0.2) is 0 Å². The second-order valence-corrected chi connectivity index (χ2v) is 8.19. The Morgan fingerprint density at radius 2 is 1.67 bits per heavy atom. The second-order valence-electron chi connectivity index (χ2n) is 8.19. The Morgan fingerprint density at radius 1 is 1.00 bits per heavy atom. The Bertz CT molecular complexity index is 340. The van der Waals surface area contributed by atoms with Gasteiger partial charge in [-0.15, -0.1) is 0 Å². The van der Waals surface area contributed by atoms with Crippen molar-refractivity contribution in [3.63, 3.8) is 0 Å². The lowest BCUT2D eigenvalue weighted by atomic mass is 9.72. The molecule has 2 rings (SSSR count). The molecule has 2 aliphatic rings. The number of rotatable bonds is 1. The number of hydrogen-bond donors (Lipinski definition) is 2. The fraction of sp³-hybridized carbons (Fsp3) is 0.895. The highest BCUT2D eigenvalue weighted by molar-refractivity contribution is 5.16. The van der Waals surface area contributed by atoms with Crippen LogP contribution in [0.25, 0.3) is 0 Å². The molecule has 2 N–H and O–H groups in total. The van der Waals surface area contributed by atoms with Crippen molar-refractivity contribution in [2.75, 3.05) is 6.54 Å². The van der Waals surface area contributed by atoms with Gasteiger partial charge in [-0.3, -0.25) is 5.32 Å². The van der Waals surface area contributed by atoms with E-state index in [9.17, 15) is 0 Å². The van der Waals surface area contributed by atoms with Crippen LogP contribution in [-0.4, -0.2) is 18.8 Å². The first-order valence-corrected chi connectivity index (χ1v) is 9.17. The van der Waals surface area contributed by atoms with E-state index in [1.165, 1.54) is 51.4 Å². The number of allylic oxidation sites excluding steroid dienone is 1. The van der Waals surface area contributed by atoms with Crippen molar-refractivity contribution in [1.29, 1.82) is 0 Å². The van der Waals surface area contributed by atoms with Crippen LogP contribution in [-0.2, 0) is 0 Å². The fourth-order valence-corrected chi connectivity index (χ4v) is 3.89. The van der Waals surface area contributed by atoms with Gasteiger partial charge in [-0.2, -0.15) is 0 Å². The molecule has 0 aromatic heterocycles. The van der Waals surface area contributed by atoms with Crippen molar-refractivity contribution in [2.45, 2.75) is 91.3 Å². The number of hydrogen-bond acceptors (Lipinski definition) is 2. The zero-order chi connectivity index (χ0) is 15.3. The largest absolute Gasteiger partial charge is 0.302 e. The Hall–Kier alpha value is -0.340. The van der Waals surface area contributed by atoms with Crippen LogP contribution < -0.4 is 10.6 Å². The predicted octanol–water partition coefficient (Wildman–Crippen LogP) is 4.62. The summed E-state index contributed by atoms with van der Waals surface area (Å²) in [5.74, 6) is 0.683. The molecule has 0 aromatic carbocycles. The Kier molecular flexibility index (Phi) is 6.31. The molecule has 0 radical (unpaired) electrons. The third kappa shape index (κ3) is 5.10. The maximum atomic E-state index is 3.85. The van der Waals surface area contributed by atoms with E-state index in [2.05, 4.69) is 44.4 Å². The molecule has 122 valence electrons. The van der Waals surface area contributed by atoms with Crippen LogP contribution in [0.15, 0.2) is 11.6 Å². The normalized spacial score (nSPS) is 35.8. The van der Waals surface area contributed by atoms with Crippen molar-refractivity contribution < 1.29 is 0 Å². The summed E-state index contributed by atoms with van der Waals surface area (Å²) in [5, 5.41) is 7.47. The average molecular weight is 293 g/mol. The molecule has 1 aliphatic heterocycles. The van der Waals surface area contributed by atoms with E-state index in [-0.39, 0.29) is 0 Å². The molecule has 0 amide bonds. The Morgan fingerprint density at radius 3 is 2.38 bits per heavy atom. The SMILES string of the molecule is CC1NCC(C(C)(C)C)C(/C2=C/CCCCCCCC2)N1. The van der Waals surface area contributed by atoms with Gasteiger partial charge < -0.3 is 5.32 Å². The molecule has 1 saturated heterocycles. The minimum Gasteiger partial charge on any atom is -0.302 e. The molecular weight excluding hydrogens is 256 g/mol. The lowest BCUT2D eigenvalue weighted by Crippen LogP contribution is -2.60. The summed E-state index contributed by atoms with van der Waals surface area (Å²) in [6, 6.07) is 0.570. The highest BCUT2D eigenvalue weighted by Crippen LogP contribution is 2.35. The van der Waals surface area contributed by atoms with Gasteiger partial charge in [0.25, 0.3) is 0 Å². The first-order chi connectivity index (χ1) is 9.98. The van der Waals surface area contributed by atoms with E-state index in [0.717, 1.165) is 6.54 Å². The molecular formula is C19H36N2. The van der Waals surface area contributed by atoms with Crippen LogP contribution in [0.2, 0.25) is 0 Å². The summed E-state index contributed by atoms with van der Waals surface area (Å²) in [6.07, 6.45) is 14.1. The van der Waals surface area contributed by atoms with E-state index in [0.29, 0.717) is 23.5 Å². The van der Waals surface area contributed by atoms with Gasteiger partial charge in [0.05, 0.1) is 6.17 Å². The predicted molar refractivity (Wildman–Crippen MR) is 92.4 cm³/mol. The highest BCUT2D eigenvalue weighted by Gasteiger charge is 2.37. The van der Waals surface area contributed by atoms with Gasteiger partial charge >= 0.3 is 0 Å². The van der Waals surface area contributed by atoms with Gasteiger partial charge in [-0.1, -0.05) is 58.1 Å². The van der Waals surface area contributed by atoms with E-state index < -0.39 is 0 Å². The average Bonchev–Trinajstić information content (AvgIpc) is 2.43. The van der Waals surface area contributed by atoms with E-state index >= 15 is 0 Å². The first-order valence-electron chi connectivity index (χ1n) is 9.17. The van der Waals surface area contributed by atoms with Gasteiger partial charge in [0.2, 0.25) is 0 Å². The standard InChI is InChI=1S/C19H36N2/c1-15-20-14-17(19(2,3)4)18(21-15)16-12-10-8-6-5-7-9-11-13-16/h12,15,17-18,20-21H,5-11,13-14H2,1-4H3/b16-12+. The zero-order valence-corrected chi connectivity index (χ0v) is 14.7. The molecule has 1 fully saturated rings. The molecule has 1 aliphatic carbocycles. The van der Waals surface area contributed by atoms with Gasteiger partial charge in [0.1, 0.15) is 0 Å². The maximum absolute atomic E-state index is 3.85. The second kappa shape index (κ2) is 7.78.